The number of carbonyl (C=O) groups excluding carboxylic acids is 1. The van der Waals surface area contributed by atoms with E-state index in [0.717, 1.165) is 22.6 Å². The highest BCUT2D eigenvalue weighted by atomic mass is 32.2. The normalized spacial score (nSPS) is 16.7. The van der Waals surface area contributed by atoms with Gasteiger partial charge in [0.2, 0.25) is 11.0 Å². The van der Waals surface area contributed by atoms with Crippen LogP contribution in [0.4, 0.5) is 13.2 Å². The molecule has 1 unspecified atom stereocenters. The largest absolute Gasteiger partial charge is 0.506 e. The molecule has 5 rings (SSSR count). The molecule has 198 valence electrons. The van der Waals surface area contributed by atoms with Crippen LogP contribution in [0.15, 0.2) is 70.4 Å². The Labute approximate surface area is 215 Å². The van der Waals surface area contributed by atoms with E-state index in [1.807, 2.05) is 0 Å². The molecule has 9 nitrogen and oxygen atoms in total. The number of nitrogens with zero attached hydrogens (tertiary/aromatic N) is 3. The first-order valence-electron chi connectivity index (χ1n) is 11.5. The van der Waals surface area contributed by atoms with Gasteiger partial charge in [0.1, 0.15) is 17.4 Å². The molecular formula is C25H21F3N4O5S. The summed E-state index contributed by atoms with van der Waals surface area (Å²) in [5.74, 6) is -0.836. The second kappa shape index (κ2) is 9.72. The molecule has 1 amide bonds. The first-order valence-corrected chi connectivity index (χ1v) is 13.0. The molecule has 4 aromatic rings. The van der Waals surface area contributed by atoms with E-state index in [-0.39, 0.29) is 40.9 Å². The number of furan rings is 1. The molecule has 0 saturated carbocycles. The highest BCUT2D eigenvalue weighted by Gasteiger charge is 2.41. The van der Waals surface area contributed by atoms with Crippen molar-refractivity contribution in [3.05, 3.63) is 72.2 Å². The summed E-state index contributed by atoms with van der Waals surface area (Å²) in [5.41, 5.74) is -0.00106. The Morgan fingerprint density at radius 2 is 1.92 bits per heavy atom. The maximum Gasteiger partial charge on any atom is 0.417 e. The number of fused-ring (bicyclic) bond motifs is 1. The van der Waals surface area contributed by atoms with Crippen molar-refractivity contribution in [2.24, 2.45) is 0 Å². The van der Waals surface area contributed by atoms with Gasteiger partial charge < -0.3 is 14.8 Å². The molecule has 1 aromatic carbocycles. The molecule has 2 N–H and O–H groups in total. The number of sulfonamides is 1. The van der Waals surface area contributed by atoms with Crippen molar-refractivity contribution in [2.75, 3.05) is 6.54 Å². The average Bonchev–Trinajstić information content (AvgIpc) is 3.56. The summed E-state index contributed by atoms with van der Waals surface area (Å²) >= 11 is 0. The number of para-hydroxylation sites is 1. The summed E-state index contributed by atoms with van der Waals surface area (Å²) in [4.78, 5) is 20.8. The van der Waals surface area contributed by atoms with Crippen LogP contribution in [0.2, 0.25) is 0 Å². The fourth-order valence-electron chi connectivity index (χ4n) is 4.30. The number of rotatable bonds is 6. The molecule has 0 bridgehead atoms. The first kappa shape index (κ1) is 25.7. The lowest BCUT2D eigenvalue weighted by Crippen LogP contribution is -2.45. The van der Waals surface area contributed by atoms with Crippen LogP contribution in [0.3, 0.4) is 0 Å². The molecule has 4 heterocycles. The van der Waals surface area contributed by atoms with Gasteiger partial charge in [-0.05, 0) is 37.1 Å². The van der Waals surface area contributed by atoms with Crippen molar-refractivity contribution in [1.82, 2.24) is 19.6 Å². The van der Waals surface area contributed by atoms with Crippen molar-refractivity contribution in [3.63, 3.8) is 0 Å². The van der Waals surface area contributed by atoms with Gasteiger partial charge in [-0.25, -0.2) is 8.42 Å². The molecule has 1 aliphatic heterocycles. The maximum atomic E-state index is 13.3. The summed E-state index contributed by atoms with van der Waals surface area (Å²) in [6.07, 6.45) is -1.99. The lowest BCUT2D eigenvalue weighted by Gasteiger charge is -2.22. The summed E-state index contributed by atoms with van der Waals surface area (Å²) in [6.45, 7) is 0.0421. The highest BCUT2D eigenvalue weighted by molar-refractivity contribution is 7.89. The minimum atomic E-state index is -4.55. The number of hydrogen-bond acceptors (Lipinski definition) is 7. The van der Waals surface area contributed by atoms with Crippen LogP contribution in [0.25, 0.3) is 22.2 Å². The van der Waals surface area contributed by atoms with E-state index in [0.29, 0.717) is 30.0 Å². The zero-order valence-corrected chi connectivity index (χ0v) is 20.5. The maximum absolute atomic E-state index is 13.3. The third-order valence-corrected chi connectivity index (χ3v) is 7.99. The average molecular weight is 547 g/mol. The Bertz CT molecular complexity index is 1570. The lowest BCUT2D eigenvalue weighted by atomic mass is 10.1. The predicted octanol–water partition coefficient (Wildman–Crippen LogP) is 4.08. The van der Waals surface area contributed by atoms with Gasteiger partial charge in [-0.3, -0.25) is 14.8 Å². The van der Waals surface area contributed by atoms with Gasteiger partial charge in [-0.15, -0.1) is 0 Å². The Hall–Kier alpha value is -3.97. The smallest absolute Gasteiger partial charge is 0.417 e. The zero-order valence-electron chi connectivity index (χ0n) is 19.6. The highest BCUT2D eigenvalue weighted by Crippen LogP contribution is 2.33. The van der Waals surface area contributed by atoms with Crippen LogP contribution in [0.1, 0.15) is 24.1 Å². The number of amides is 1. The second-order valence-corrected chi connectivity index (χ2v) is 10.5. The quantitative estimate of drug-likeness (QED) is 0.373. The molecule has 0 spiro atoms. The van der Waals surface area contributed by atoms with E-state index in [2.05, 4.69) is 15.3 Å². The van der Waals surface area contributed by atoms with Gasteiger partial charge in [0.25, 0.3) is 10.0 Å². The van der Waals surface area contributed by atoms with E-state index in [4.69, 9.17) is 4.42 Å². The van der Waals surface area contributed by atoms with Gasteiger partial charge in [-0.2, -0.15) is 17.5 Å². The fraction of sp³-hybridized carbons (Fsp3) is 0.240. The summed E-state index contributed by atoms with van der Waals surface area (Å²) in [6, 6.07) is 10.7. The monoisotopic (exact) mass is 546 g/mol. The van der Waals surface area contributed by atoms with Gasteiger partial charge in [0, 0.05) is 29.8 Å². The number of nitrogens with one attached hydrogen (secondary N) is 1. The summed E-state index contributed by atoms with van der Waals surface area (Å²) in [7, 11) is -4.07. The van der Waals surface area contributed by atoms with E-state index < -0.39 is 33.7 Å². The van der Waals surface area contributed by atoms with Crippen LogP contribution in [-0.4, -0.2) is 46.3 Å². The SMILES string of the molecule is O=C(NCc1cc(-c2ccc(C(F)(F)F)cn2)c(O)cn1)C1CCCN1S(=O)(=O)c1cc2ccccc2o1. The van der Waals surface area contributed by atoms with Crippen molar-refractivity contribution in [1.29, 1.82) is 0 Å². The van der Waals surface area contributed by atoms with Gasteiger partial charge in [-0.1, -0.05) is 18.2 Å². The number of hydrogen-bond donors (Lipinski definition) is 2. The Kier molecular flexibility index (Phi) is 6.57. The number of halogens is 3. The minimum Gasteiger partial charge on any atom is -0.506 e. The molecule has 0 radical (unpaired) electrons. The minimum absolute atomic E-state index is 0.0874. The van der Waals surface area contributed by atoms with Crippen molar-refractivity contribution < 1.29 is 35.9 Å². The summed E-state index contributed by atoms with van der Waals surface area (Å²) in [5, 5.41) is 13.2. The second-order valence-electron chi connectivity index (χ2n) is 8.72. The zero-order chi connectivity index (χ0) is 27.1. The predicted molar refractivity (Wildman–Crippen MR) is 129 cm³/mol. The number of aromatic hydroxyl groups is 1. The first-order chi connectivity index (χ1) is 18.0. The number of pyridine rings is 2. The Balaban J connectivity index is 1.30. The molecule has 13 heteroatoms. The van der Waals surface area contributed by atoms with Crippen LogP contribution in [-0.2, 0) is 27.5 Å². The molecule has 0 aliphatic carbocycles. The number of benzene rings is 1. The van der Waals surface area contributed by atoms with E-state index >= 15 is 0 Å². The Morgan fingerprint density at radius 3 is 2.63 bits per heavy atom. The van der Waals surface area contributed by atoms with E-state index in [1.165, 1.54) is 12.1 Å². The molecule has 1 atom stereocenters. The van der Waals surface area contributed by atoms with Gasteiger partial charge in [0.15, 0.2) is 0 Å². The molecule has 1 aliphatic rings. The molecule has 3 aromatic heterocycles. The summed E-state index contributed by atoms with van der Waals surface area (Å²) < 4.78 is 71.6. The third kappa shape index (κ3) is 4.94. The van der Waals surface area contributed by atoms with Gasteiger partial charge in [0.05, 0.1) is 29.7 Å². The fourth-order valence-corrected chi connectivity index (χ4v) is 5.91. The van der Waals surface area contributed by atoms with Crippen LogP contribution in [0, 0.1) is 0 Å². The topological polar surface area (TPSA) is 126 Å². The van der Waals surface area contributed by atoms with Crippen molar-refractivity contribution >= 4 is 26.9 Å². The van der Waals surface area contributed by atoms with Crippen molar-refractivity contribution in [2.45, 2.75) is 36.7 Å². The van der Waals surface area contributed by atoms with E-state index in [9.17, 15) is 31.5 Å². The number of carbonyl (C=O) groups is 1. The van der Waals surface area contributed by atoms with Crippen molar-refractivity contribution in [3.8, 4) is 17.0 Å². The Morgan fingerprint density at radius 1 is 1.13 bits per heavy atom. The molecular weight excluding hydrogens is 525 g/mol. The molecule has 1 fully saturated rings. The van der Waals surface area contributed by atoms with Crippen LogP contribution >= 0.6 is 0 Å². The number of alkyl halides is 3. The third-order valence-electron chi connectivity index (χ3n) is 6.22. The lowest BCUT2D eigenvalue weighted by molar-refractivity contribution is -0.137. The van der Waals surface area contributed by atoms with Gasteiger partial charge >= 0.3 is 6.18 Å². The van der Waals surface area contributed by atoms with Crippen LogP contribution in [0.5, 0.6) is 5.75 Å². The van der Waals surface area contributed by atoms with E-state index in [1.54, 1.807) is 24.3 Å². The standard InChI is InChI=1S/C25H21F3N4O5S/c26-25(27,28)16-7-8-19(30-12-16)18-11-17(29-14-21(18)33)13-31-24(34)20-5-3-9-32(20)38(35,36)23-10-15-4-1-2-6-22(15)37-23/h1-2,4,6-8,10-12,14,20,33H,3,5,9,13H2,(H,31,34). The molecule has 1 saturated heterocycles. The molecule has 38 heavy (non-hydrogen) atoms. The van der Waals surface area contributed by atoms with Crippen LogP contribution < -0.4 is 5.32 Å². The number of aromatic nitrogens is 2.